The van der Waals surface area contributed by atoms with E-state index in [0.29, 0.717) is 23.7 Å². The van der Waals surface area contributed by atoms with Gasteiger partial charge in [-0.15, -0.1) is 0 Å². The molecule has 0 N–H and O–H groups in total. The van der Waals surface area contributed by atoms with Gasteiger partial charge in [0.2, 0.25) is 0 Å². The highest BCUT2D eigenvalue weighted by molar-refractivity contribution is 6.30. The van der Waals surface area contributed by atoms with Crippen molar-refractivity contribution in [2.45, 2.75) is 19.0 Å². The summed E-state index contributed by atoms with van der Waals surface area (Å²) in [5.41, 5.74) is 1.26. The molecule has 1 aromatic heterocycles. The van der Waals surface area contributed by atoms with Crippen molar-refractivity contribution >= 4 is 11.6 Å². The molecule has 0 saturated heterocycles. The molecule has 0 spiro atoms. The standard InChI is InChI=1S/C7H6ClFN2/c8-7-4-1-2-5(9)6(4)10-3-11-7/h3,5H,1-2H2. The fourth-order valence-electron chi connectivity index (χ4n) is 1.31. The number of nitrogens with zero attached hydrogens (tertiary/aromatic N) is 2. The van der Waals surface area contributed by atoms with Gasteiger partial charge in [0, 0.05) is 5.56 Å². The van der Waals surface area contributed by atoms with E-state index in [1.165, 1.54) is 6.33 Å². The summed E-state index contributed by atoms with van der Waals surface area (Å²) in [6.45, 7) is 0. The molecule has 1 atom stereocenters. The summed E-state index contributed by atoms with van der Waals surface area (Å²) < 4.78 is 12.9. The fraction of sp³-hybridized carbons (Fsp3) is 0.429. The van der Waals surface area contributed by atoms with Gasteiger partial charge in [0.05, 0.1) is 5.69 Å². The molecule has 1 aromatic rings. The highest BCUT2D eigenvalue weighted by atomic mass is 35.5. The molecule has 0 saturated carbocycles. The summed E-state index contributed by atoms with van der Waals surface area (Å²) in [4.78, 5) is 7.60. The molecule has 4 heteroatoms. The molecule has 0 aromatic carbocycles. The number of alkyl halides is 1. The number of halogens is 2. The maximum absolute atomic E-state index is 12.9. The first kappa shape index (κ1) is 6.98. The molecule has 2 rings (SSSR count). The van der Waals surface area contributed by atoms with E-state index in [4.69, 9.17) is 11.6 Å². The van der Waals surface area contributed by atoms with E-state index in [-0.39, 0.29) is 0 Å². The Labute approximate surface area is 68.4 Å². The van der Waals surface area contributed by atoms with Gasteiger partial charge in [-0.3, -0.25) is 0 Å². The monoisotopic (exact) mass is 172 g/mol. The maximum atomic E-state index is 12.9. The lowest BCUT2D eigenvalue weighted by Gasteiger charge is -1.99. The molecule has 1 aliphatic rings. The number of aromatic nitrogens is 2. The van der Waals surface area contributed by atoms with Gasteiger partial charge in [-0.2, -0.15) is 0 Å². The Kier molecular flexibility index (Phi) is 1.53. The lowest BCUT2D eigenvalue weighted by atomic mass is 10.3. The van der Waals surface area contributed by atoms with E-state index in [1.807, 2.05) is 0 Å². The van der Waals surface area contributed by atoms with Gasteiger partial charge < -0.3 is 0 Å². The van der Waals surface area contributed by atoms with E-state index in [0.717, 1.165) is 5.56 Å². The molecule has 0 amide bonds. The minimum absolute atomic E-state index is 0.398. The van der Waals surface area contributed by atoms with E-state index in [2.05, 4.69) is 9.97 Å². The van der Waals surface area contributed by atoms with Crippen LogP contribution in [-0.4, -0.2) is 9.97 Å². The van der Waals surface area contributed by atoms with Crippen LogP contribution in [0.1, 0.15) is 23.8 Å². The molecule has 1 heterocycles. The summed E-state index contributed by atoms with van der Waals surface area (Å²) in [7, 11) is 0. The predicted octanol–water partition coefficient (Wildman–Crippen LogP) is 2.09. The summed E-state index contributed by atoms with van der Waals surface area (Å²) in [6.07, 6.45) is 1.52. The molecule has 0 bridgehead atoms. The van der Waals surface area contributed by atoms with Gasteiger partial charge >= 0.3 is 0 Å². The van der Waals surface area contributed by atoms with Crippen LogP contribution in [-0.2, 0) is 6.42 Å². The maximum Gasteiger partial charge on any atom is 0.143 e. The Bertz CT molecular complexity index is 290. The number of rotatable bonds is 0. The van der Waals surface area contributed by atoms with Crippen molar-refractivity contribution in [3.63, 3.8) is 0 Å². The molecular formula is C7H6ClFN2. The van der Waals surface area contributed by atoms with Gasteiger partial charge in [-0.1, -0.05) is 11.6 Å². The smallest absolute Gasteiger partial charge is 0.143 e. The van der Waals surface area contributed by atoms with Gasteiger partial charge in [0.15, 0.2) is 0 Å². The zero-order chi connectivity index (χ0) is 7.84. The number of hydrogen-bond donors (Lipinski definition) is 0. The first-order valence-electron chi connectivity index (χ1n) is 3.42. The first-order valence-corrected chi connectivity index (χ1v) is 3.80. The third-order valence-corrected chi connectivity index (χ3v) is 2.20. The molecular weight excluding hydrogens is 167 g/mol. The third-order valence-electron chi connectivity index (χ3n) is 1.87. The van der Waals surface area contributed by atoms with Crippen LogP contribution in [0.2, 0.25) is 5.15 Å². The lowest BCUT2D eigenvalue weighted by Crippen LogP contribution is -1.92. The zero-order valence-corrected chi connectivity index (χ0v) is 6.48. The Morgan fingerprint density at radius 2 is 2.36 bits per heavy atom. The summed E-state index contributed by atoms with van der Waals surface area (Å²) in [5.74, 6) is 0. The minimum Gasteiger partial charge on any atom is -0.241 e. The second-order valence-corrected chi connectivity index (χ2v) is 2.89. The number of fused-ring (bicyclic) bond motifs is 1. The van der Waals surface area contributed by atoms with Crippen molar-refractivity contribution < 1.29 is 4.39 Å². The van der Waals surface area contributed by atoms with Crippen molar-refractivity contribution in [3.05, 3.63) is 22.7 Å². The largest absolute Gasteiger partial charge is 0.241 e. The van der Waals surface area contributed by atoms with Crippen LogP contribution >= 0.6 is 11.6 Å². The summed E-state index contributed by atoms with van der Waals surface area (Å²) in [5, 5.41) is 0.398. The van der Waals surface area contributed by atoms with Gasteiger partial charge in [-0.05, 0) is 12.8 Å². The van der Waals surface area contributed by atoms with Crippen LogP contribution in [0.4, 0.5) is 4.39 Å². The van der Waals surface area contributed by atoms with Crippen molar-refractivity contribution in [1.82, 2.24) is 9.97 Å². The highest BCUT2D eigenvalue weighted by Gasteiger charge is 2.25. The molecule has 58 valence electrons. The topological polar surface area (TPSA) is 25.8 Å². The van der Waals surface area contributed by atoms with Crippen LogP contribution in [0.15, 0.2) is 6.33 Å². The normalized spacial score (nSPS) is 21.8. The van der Waals surface area contributed by atoms with Crippen molar-refractivity contribution in [1.29, 1.82) is 0 Å². The second kappa shape index (κ2) is 2.41. The summed E-state index contributed by atoms with van der Waals surface area (Å²) >= 11 is 5.72. The second-order valence-electron chi connectivity index (χ2n) is 2.53. The zero-order valence-electron chi connectivity index (χ0n) is 5.72. The quantitative estimate of drug-likeness (QED) is 0.560. The Morgan fingerprint density at radius 1 is 1.55 bits per heavy atom. The number of hydrogen-bond acceptors (Lipinski definition) is 2. The average Bonchev–Trinajstić information content (AvgIpc) is 2.35. The molecule has 2 nitrogen and oxygen atoms in total. The third kappa shape index (κ3) is 0.997. The Morgan fingerprint density at radius 3 is 3.09 bits per heavy atom. The summed E-state index contributed by atoms with van der Waals surface area (Å²) in [6, 6.07) is 0. The highest BCUT2D eigenvalue weighted by Crippen LogP contribution is 2.34. The van der Waals surface area contributed by atoms with Gasteiger partial charge in [-0.25, -0.2) is 14.4 Å². The minimum atomic E-state index is -0.939. The van der Waals surface area contributed by atoms with Crippen LogP contribution in [0.25, 0.3) is 0 Å². The van der Waals surface area contributed by atoms with Crippen molar-refractivity contribution in [3.8, 4) is 0 Å². The SMILES string of the molecule is FC1CCc2c(Cl)ncnc21. The van der Waals surface area contributed by atoms with Crippen LogP contribution in [0.3, 0.4) is 0 Å². The van der Waals surface area contributed by atoms with Crippen molar-refractivity contribution in [2.24, 2.45) is 0 Å². The van der Waals surface area contributed by atoms with Crippen molar-refractivity contribution in [2.75, 3.05) is 0 Å². The lowest BCUT2D eigenvalue weighted by molar-refractivity contribution is 0.337. The van der Waals surface area contributed by atoms with E-state index in [1.54, 1.807) is 0 Å². The van der Waals surface area contributed by atoms with E-state index in [9.17, 15) is 4.39 Å². The Hall–Kier alpha value is -0.700. The van der Waals surface area contributed by atoms with E-state index < -0.39 is 6.17 Å². The van der Waals surface area contributed by atoms with Crippen LogP contribution in [0, 0.1) is 0 Å². The van der Waals surface area contributed by atoms with Crippen LogP contribution in [0.5, 0.6) is 0 Å². The Balaban J connectivity index is 2.57. The van der Waals surface area contributed by atoms with Crippen LogP contribution < -0.4 is 0 Å². The molecule has 11 heavy (non-hydrogen) atoms. The molecule has 0 fully saturated rings. The molecule has 1 unspecified atom stereocenters. The molecule has 0 aliphatic heterocycles. The average molecular weight is 173 g/mol. The first-order chi connectivity index (χ1) is 5.29. The fourth-order valence-corrected chi connectivity index (χ4v) is 1.55. The van der Waals surface area contributed by atoms with E-state index >= 15 is 0 Å². The van der Waals surface area contributed by atoms with Gasteiger partial charge in [0.25, 0.3) is 0 Å². The predicted molar refractivity (Wildman–Crippen MR) is 39.2 cm³/mol. The van der Waals surface area contributed by atoms with Gasteiger partial charge in [0.1, 0.15) is 17.7 Å². The molecule has 0 radical (unpaired) electrons. The molecule has 1 aliphatic carbocycles.